The third kappa shape index (κ3) is 18.0. The Morgan fingerprint density at radius 3 is 1.77 bits per heavy atom. The second-order valence-corrected chi connectivity index (χ2v) is 17.5. The SMILES string of the molecule is C[C@H](NC(=O)[C@H](CCCNC(=N)N)NC(=O)[C@H](C)N(C(=O)[C@H](C)NC(=O)[C@H](CCCNC(=N)N)NC(=O)CCCCc1ccccc1)C(=O)[C@H](C)N1CC[C@@H](N)C1=O)C(=O)C(C(N)=O)c1ccc(N)cc1. The lowest BCUT2D eigenvalue weighted by molar-refractivity contribution is -0.157. The number of benzene rings is 2. The third-order valence-corrected chi connectivity index (χ3v) is 11.9. The van der Waals surface area contributed by atoms with Crippen LogP contribution in [0.25, 0.3) is 0 Å². The summed E-state index contributed by atoms with van der Waals surface area (Å²) in [6.07, 6.45) is 2.59. The lowest BCUT2D eigenvalue weighted by Crippen LogP contribution is -2.62. The number of hydrogen-bond donors (Lipinski definition) is 13. The summed E-state index contributed by atoms with van der Waals surface area (Å²) >= 11 is 0. The highest BCUT2D eigenvalue weighted by Crippen LogP contribution is 2.21. The summed E-state index contributed by atoms with van der Waals surface area (Å²) in [5.74, 6) is -9.71. The molecule has 0 spiro atoms. The van der Waals surface area contributed by atoms with E-state index >= 15 is 0 Å². The number of nitrogens with two attached hydrogens (primary N) is 5. The van der Waals surface area contributed by atoms with Crippen molar-refractivity contribution < 1.29 is 43.2 Å². The molecule has 0 aromatic heterocycles. The van der Waals surface area contributed by atoms with Crippen LogP contribution >= 0.6 is 0 Å². The highest BCUT2D eigenvalue weighted by atomic mass is 16.2. The number of guanidine groups is 2. The molecule has 3 rings (SSSR count). The fraction of sp³-hybridized carbons (Fsp3) is 0.511. The molecule has 1 heterocycles. The van der Waals surface area contributed by atoms with Crippen molar-refractivity contribution in [3.05, 3.63) is 65.7 Å². The van der Waals surface area contributed by atoms with E-state index in [1.54, 1.807) is 0 Å². The van der Waals surface area contributed by atoms with Crippen LogP contribution in [0.5, 0.6) is 0 Å². The molecule has 1 saturated heterocycles. The van der Waals surface area contributed by atoms with Gasteiger partial charge in [-0.25, -0.2) is 0 Å². The summed E-state index contributed by atoms with van der Waals surface area (Å²) in [7, 11) is 0. The summed E-state index contributed by atoms with van der Waals surface area (Å²) in [6, 6.07) is 6.14. The normalized spacial score (nSPS) is 16.1. The first-order chi connectivity index (χ1) is 33.5. The highest BCUT2D eigenvalue weighted by molar-refractivity contribution is 6.09. The number of likely N-dealkylation sites (tertiary alicyclic amines) is 1. The number of Topliss-reactive ketones (excluding diaryl/α,β-unsaturated/α-hetero) is 1. The third-order valence-electron chi connectivity index (χ3n) is 11.9. The number of carbonyl (C=O) groups is 9. The van der Waals surface area contributed by atoms with E-state index in [1.165, 1.54) is 56.9 Å². The predicted octanol–water partition coefficient (Wildman–Crippen LogP) is -1.98. The minimum atomic E-state index is -1.71. The molecule has 1 fully saturated rings. The quantitative estimate of drug-likeness (QED) is 0.0144. The molecule has 1 aliphatic heterocycles. The molecule has 0 bridgehead atoms. The van der Waals surface area contributed by atoms with Gasteiger partial charge in [0, 0.05) is 31.7 Å². The predicted molar refractivity (Wildman–Crippen MR) is 264 cm³/mol. The first-order valence-electron chi connectivity index (χ1n) is 23.6. The zero-order chi connectivity index (χ0) is 52.9. The van der Waals surface area contributed by atoms with Crippen molar-refractivity contribution in [2.75, 3.05) is 25.4 Å². The fourth-order valence-electron chi connectivity index (χ4n) is 7.84. The number of nitrogens with one attached hydrogen (secondary N) is 8. The maximum atomic E-state index is 14.5. The van der Waals surface area contributed by atoms with Crippen LogP contribution in [0.2, 0.25) is 0 Å². The second kappa shape index (κ2) is 28.1. The number of aryl methyl sites for hydroxylation is 1. The van der Waals surface area contributed by atoms with Crippen molar-refractivity contribution in [3.63, 3.8) is 0 Å². The van der Waals surface area contributed by atoms with Crippen LogP contribution in [-0.4, -0.2) is 137 Å². The Morgan fingerprint density at radius 2 is 1.25 bits per heavy atom. The number of imide groups is 1. The van der Waals surface area contributed by atoms with E-state index in [1.807, 2.05) is 30.3 Å². The van der Waals surface area contributed by atoms with Gasteiger partial charge in [-0.15, -0.1) is 0 Å². The van der Waals surface area contributed by atoms with E-state index in [2.05, 4.69) is 31.9 Å². The molecular weight excluding hydrogens is 919 g/mol. The smallest absolute Gasteiger partial charge is 0.252 e. The molecule has 71 heavy (non-hydrogen) atoms. The van der Waals surface area contributed by atoms with Crippen molar-refractivity contribution >= 4 is 70.6 Å². The molecule has 24 heteroatoms. The van der Waals surface area contributed by atoms with Crippen molar-refractivity contribution in [2.24, 2.45) is 22.9 Å². The van der Waals surface area contributed by atoms with E-state index in [0.29, 0.717) is 23.4 Å². The van der Waals surface area contributed by atoms with Gasteiger partial charge in [-0.3, -0.25) is 58.9 Å². The van der Waals surface area contributed by atoms with Crippen LogP contribution < -0.4 is 60.6 Å². The Hall–Kier alpha value is -7.63. The average Bonchev–Trinajstić information content (AvgIpc) is 3.66. The number of nitrogen functional groups attached to an aromatic ring is 1. The molecule has 1 aliphatic rings. The molecule has 0 aliphatic carbocycles. The van der Waals surface area contributed by atoms with Crippen LogP contribution in [0.3, 0.4) is 0 Å². The molecule has 1 unspecified atom stereocenters. The molecule has 0 radical (unpaired) electrons. The van der Waals surface area contributed by atoms with E-state index in [-0.39, 0.29) is 75.6 Å². The van der Waals surface area contributed by atoms with Gasteiger partial charge in [-0.05, 0) is 102 Å². The van der Waals surface area contributed by atoms with Crippen LogP contribution in [0, 0.1) is 10.8 Å². The Labute approximate surface area is 413 Å². The molecule has 2 aromatic carbocycles. The molecule has 18 N–H and O–H groups in total. The zero-order valence-corrected chi connectivity index (χ0v) is 40.8. The van der Waals surface area contributed by atoms with E-state index in [0.717, 1.165) is 12.0 Å². The molecule has 24 nitrogen and oxygen atoms in total. The monoisotopic (exact) mass is 990 g/mol. The standard InChI is InChI=1S/C47H71N15O9/c1-26(38(64)37(39(50)65)31-18-20-32(48)21-19-31)57-42(68)35(16-11-24-56-47(53)54)60-40(66)28(3)62(44(70)29(4)61-25-22-33(49)45(61)71)43(69)27(2)58-41(67)34(15-10-23-55-46(51)52)59-36(63)17-9-8-14-30-12-6-5-7-13-30/h5-7,12-13,18-21,26-29,33-35,37H,8-11,14-17,22-25,48-49H2,1-4H3,(H2,50,65)(H,57,68)(H,58,67)(H,59,63)(H,60,66)(H4,51,52,55)(H4,53,54,56)/t26-,27-,28-,29-,33+,34-,35-,37?/m0/s1. The van der Waals surface area contributed by atoms with Gasteiger partial charge in [0.25, 0.3) is 11.8 Å². The Kier molecular flexibility index (Phi) is 22.9. The van der Waals surface area contributed by atoms with Gasteiger partial charge in [-0.1, -0.05) is 42.5 Å². The number of nitrogens with zero attached hydrogens (tertiary/aromatic N) is 2. The first kappa shape index (κ1) is 57.7. The number of anilines is 1. The molecule has 8 amide bonds. The average molecular weight is 990 g/mol. The molecule has 2 aromatic rings. The maximum Gasteiger partial charge on any atom is 0.252 e. The highest BCUT2D eigenvalue weighted by Gasteiger charge is 2.43. The van der Waals surface area contributed by atoms with Crippen LogP contribution in [0.1, 0.15) is 96.1 Å². The number of rotatable bonds is 28. The zero-order valence-electron chi connectivity index (χ0n) is 40.8. The van der Waals surface area contributed by atoms with Gasteiger partial charge >= 0.3 is 0 Å². The van der Waals surface area contributed by atoms with Gasteiger partial charge < -0.3 is 65.5 Å². The largest absolute Gasteiger partial charge is 0.399 e. The topological polar surface area (TPSA) is 410 Å². The molecular formula is C47H71N15O9. The molecule has 388 valence electrons. The fourth-order valence-corrected chi connectivity index (χ4v) is 7.84. The van der Waals surface area contributed by atoms with Crippen molar-refractivity contribution in [2.45, 2.75) is 134 Å². The number of unbranched alkanes of at least 4 members (excludes halogenated alkanes) is 1. The summed E-state index contributed by atoms with van der Waals surface area (Å²) < 4.78 is 0. The van der Waals surface area contributed by atoms with Crippen LogP contribution in [0.15, 0.2) is 54.6 Å². The van der Waals surface area contributed by atoms with Gasteiger partial charge in [0.05, 0.1) is 12.1 Å². The Morgan fingerprint density at radius 1 is 0.704 bits per heavy atom. The lowest BCUT2D eigenvalue weighted by atomic mass is 9.90. The summed E-state index contributed by atoms with van der Waals surface area (Å²) in [5.41, 5.74) is 29.9. The van der Waals surface area contributed by atoms with Crippen molar-refractivity contribution in [1.82, 2.24) is 41.7 Å². The van der Waals surface area contributed by atoms with Crippen LogP contribution in [0.4, 0.5) is 5.69 Å². The van der Waals surface area contributed by atoms with E-state index in [4.69, 9.17) is 39.5 Å². The number of carbonyl (C=O) groups excluding carboxylic acids is 9. The number of hydrogen-bond acceptors (Lipinski definition) is 13. The first-order valence-corrected chi connectivity index (χ1v) is 23.6. The second-order valence-electron chi connectivity index (χ2n) is 17.5. The minimum absolute atomic E-state index is 0.0543. The summed E-state index contributed by atoms with van der Waals surface area (Å²) in [6.45, 7) is 5.48. The van der Waals surface area contributed by atoms with Gasteiger partial charge in [0.2, 0.25) is 35.4 Å². The number of amides is 8. The summed E-state index contributed by atoms with van der Waals surface area (Å²) in [5, 5.41) is 30.5. The Balaban J connectivity index is 1.89. The maximum absolute atomic E-state index is 14.5. The minimum Gasteiger partial charge on any atom is -0.399 e. The van der Waals surface area contributed by atoms with Gasteiger partial charge in [0.1, 0.15) is 36.1 Å². The van der Waals surface area contributed by atoms with Crippen LogP contribution in [-0.2, 0) is 49.6 Å². The van der Waals surface area contributed by atoms with Gasteiger partial charge in [0.15, 0.2) is 17.7 Å². The Bertz CT molecular complexity index is 2230. The van der Waals surface area contributed by atoms with Crippen molar-refractivity contribution in [1.29, 1.82) is 10.8 Å². The van der Waals surface area contributed by atoms with Gasteiger partial charge in [-0.2, -0.15) is 0 Å². The van der Waals surface area contributed by atoms with E-state index in [9.17, 15) is 43.2 Å². The number of ketones is 1. The lowest BCUT2D eigenvalue weighted by Gasteiger charge is -2.34. The molecule has 0 saturated carbocycles. The van der Waals surface area contributed by atoms with E-state index < -0.39 is 101 Å². The number of primary amides is 1. The molecule has 8 atom stereocenters. The van der Waals surface area contributed by atoms with Crippen molar-refractivity contribution in [3.8, 4) is 0 Å². The summed E-state index contributed by atoms with van der Waals surface area (Å²) in [4.78, 5) is 125.